The summed E-state index contributed by atoms with van der Waals surface area (Å²) in [7, 11) is 0. The van der Waals surface area contributed by atoms with Crippen LogP contribution in [0.15, 0.2) is 205 Å². The average Bonchev–Trinajstić information content (AvgIpc) is 3.96. The van der Waals surface area contributed by atoms with Crippen LogP contribution in [0.2, 0.25) is 0 Å². The Morgan fingerprint density at radius 1 is 0.421 bits per heavy atom. The molecule has 0 saturated heterocycles. The number of hydrogen-bond acceptors (Lipinski definition) is 2. The molecule has 0 bridgehead atoms. The van der Waals surface area contributed by atoms with Gasteiger partial charge in [0.05, 0.1) is 22.4 Å². The van der Waals surface area contributed by atoms with E-state index in [2.05, 4.69) is 203 Å². The molecule has 266 valence electrons. The Morgan fingerprint density at radius 3 is 2.04 bits per heavy atom. The lowest BCUT2D eigenvalue weighted by Crippen LogP contribution is -1.93. The number of benzene rings is 8. The van der Waals surface area contributed by atoms with E-state index in [0.717, 1.165) is 72.5 Å². The molecule has 0 saturated carbocycles. The number of aromatic nitrogens is 3. The van der Waals surface area contributed by atoms with Gasteiger partial charge in [-0.25, -0.2) is 4.98 Å². The van der Waals surface area contributed by atoms with E-state index in [1.54, 1.807) is 0 Å². The van der Waals surface area contributed by atoms with E-state index in [-0.39, 0.29) is 0 Å². The van der Waals surface area contributed by atoms with E-state index in [9.17, 15) is 0 Å². The standard InChI is InChI=1S/C53H33N3O/c1-3-14-35(15-4-1)53-52(54-49-23-9-10-30-55(49)53)39-17-11-16-38(31-39)42-21-12-22-48-51(42)44-33-37(26-29-47(44)57-48)36-25-27-45-43(32-36)50-41-20-8-7-13-34(41)24-28-46(50)56(45)40-18-5-2-6-19-40/h1-33H. The number of imidazole rings is 1. The summed E-state index contributed by atoms with van der Waals surface area (Å²) in [6, 6.07) is 69.3. The molecule has 0 spiro atoms. The molecular weight excluding hydrogens is 695 g/mol. The highest BCUT2D eigenvalue weighted by Crippen LogP contribution is 2.42. The van der Waals surface area contributed by atoms with Crippen LogP contribution in [-0.2, 0) is 0 Å². The Kier molecular flexibility index (Phi) is 6.89. The van der Waals surface area contributed by atoms with Gasteiger partial charge in [-0.15, -0.1) is 0 Å². The van der Waals surface area contributed by atoms with Gasteiger partial charge in [0.25, 0.3) is 0 Å². The second-order valence-corrected chi connectivity index (χ2v) is 14.8. The molecule has 12 aromatic rings. The van der Waals surface area contributed by atoms with Crippen molar-refractivity contribution in [2.75, 3.05) is 0 Å². The number of nitrogens with zero attached hydrogens (tertiary/aromatic N) is 3. The molecule has 0 aliphatic carbocycles. The first-order valence-corrected chi connectivity index (χ1v) is 19.4. The highest BCUT2D eigenvalue weighted by Gasteiger charge is 2.20. The number of fused-ring (bicyclic) bond motifs is 9. The lowest BCUT2D eigenvalue weighted by molar-refractivity contribution is 0.669. The van der Waals surface area contributed by atoms with E-state index in [1.165, 1.54) is 38.1 Å². The van der Waals surface area contributed by atoms with E-state index >= 15 is 0 Å². The summed E-state index contributed by atoms with van der Waals surface area (Å²) < 4.78 is 11.1. The van der Waals surface area contributed by atoms with Crippen molar-refractivity contribution in [3.05, 3.63) is 200 Å². The predicted octanol–water partition coefficient (Wildman–Crippen LogP) is 14.2. The molecule has 0 unspecified atom stereocenters. The zero-order valence-electron chi connectivity index (χ0n) is 30.8. The van der Waals surface area contributed by atoms with Crippen molar-refractivity contribution < 1.29 is 4.42 Å². The maximum absolute atomic E-state index is 6.55. The fraction of sp³-hybridized carbons (Fsp3) is 0. The fourth-order valence-corrected chi connectivity index (χ4v) is 8.98. The summed E-state index contributed by atoms with van der Waals surface area (Å²) in [6.45, 7) is 0. The van der Waals surface area contributed by atoms with Crippen LogP contribution in [0.5, 0.6) is 0 Å². The molecule has 0 fully saturated rings. The molecule has 0 aliphatic heterocycles. The molecule has 0 amide bonds. The maximum atomic E-state index is 6.55. The first-order valence-electron chi connectivity index (χ1n) is 19.4. The number of rotatable bonds is 5. The first kappa shape index (κ1) is 31.6. The lowest BCUT2D eigenvalue weighted by atomic mass is 9.95. The Hall–Kier alpha value is -7.69. The number of para-hydroxylation sites is 1. The van der Waals surface area contributed by atoms with Gasteiger partial charge >= 0.3 is 0 Å². The van der Waals surface area contributed by atoms with Gasteiger partial charge < -0.3 is 8.98 Å². The van der Waals surface area contributed by atoms with Crippen molar-refractivity contribution in [2.45, 2.75) is 0 Å². The van der Waals surface area contributed by atoms with Gasteiger partial charge in [0, 0.05) is 44.6 Å². The SMILES string of the molecule is c1ccc(-c2c(-c3cccc(-c4cccc5oc6ccc(-c7ccc8c(c7)c7c9ccccc9ccc7n8-c7ccccc7)cc6c45)c3)nc3ccccn23)cc1. The Labute approximate surface area is 328 Å². The van der Waals surface area contributed by atoms with Gasteiger partial charge in [-0.05, 0) is 99.8 Å². The van der Waals surface area contributed by atoms with Crippen LogP contribution in [0.4, 0.5) is 0 Å². The van der Waals surface area contributed by atoms with Crippen LogP contribution in [0.3, 0.4) is 0 Å². The summed E-state index contributed by atoms with van der Waals surface area (Å²) >= 11 is 0. The van der Waals surface area contributed by atoms with Crippen molar-refractivity contribution in [3.63, 3.8) is 0 Å². The largest absolute Gasteiger partial charge is 0.456 e. The monoisotopic (exact) mass is 727 g/mol. The summed E-state index contributed by atoms with van der Waals surface area (Å²) in [4.78, 5) is 5.16. The third kappa shape index (κ3) is 4.91. The van der Waals surface area contributed by atoms with Crippen LogP contribution >= 0.6 is 0 Å². The highest BCUT2D eigenvalue weighted by molar-refractivity contribution is 6.22. The maximum Gasteiger partial charge on any atom is 0.137 e. The Balaban J connectivity index is 1.03. The van der Waals surface area contributed by atoms with Crippen molar-refractivity contribution >= 4 is 60.2 Å². The smallest absolute Gasteiger partial charge is 0.137 e. The van der Waals surface area contributed by atoms with E-state index in [0.29, 0.717) is 0 Å². The molecule has 8 aromatic carbocycles. The van der Waals surface area contributed by atoms with Crippen LogP contribution in [0, 0.1) is 0 Å². The third-order valence-corrected chi connectivity index (χ3v) is 11.5. The van der Waals surface area contributed by atoms with Gasteiger partial charge in [0.15, 0.2) is 0 Å². The fourth-order valence-electron chi connectivity index (χ4n) is 8.98. The van der Waals surface area contributed by atoms with Crippen molar-refractivity contribution in [3.8, 4) is 50.5 Å². The van der Waals surface area contributed by atoms with Gasteiger partial charge in [-0.1, -0.05) is 127 Å². The minimum absolute atomic E-state index is 0.871. The minimum Gasteiger partial charge on any atom is -0.456 e. The van der Waals surface area contributed by atoms with Crippen LogP contribution in [0.25, 0.3) is 111 Å². The zero-order chi connectivity index (χ0) is 37.5. The molecule has 4 heterocycles. The first-order chi connectivity index (χ1) is 28.3. The molecule has 0 radical (unpaired) electrons. The minimum atomic E-state index is 0.871. The average molecular weight is 728 g/mol. The highest BCUT2D eigenvalue weighted by atomic mass is 16.3. The quantitative estimate of drug-likeness (QED) is 0.177. The van der Waals surface area contributed by atoms with Gasteiger partial charge in [-0.3, -0.25) is 4.40 Å². The van der Waals surface area contributed by atoms with Crippen LogP contribution < -0.4 is 0 Å². The molecule has 0 atom stereocenters. The molecule has 0 N–H and O–H groups in total. The summed E-state index contributed by atoms with van der Waals surface area (Å²) in [5.41, 5.74) is 15.0. The Morgan fingerprint density at radius 2 is 1.14 bits per heavy atom. The topological polar surface area (TPSA) is 35.4 Å². The summed E-state index contributed by atoms with van der Waals surface area (Å²) in [5.74, 6) is 0. The normalized spacial score (nSPS) is 11.9. The van der Waals surface area contributed by atoms with E-state index < -0.39 is 0 Å². The molecule has 4 heteroatoms. The van der Waals surface area contributed by atoms with Crippen LogP contribution in [0.1, 0.15) is 0 Å². The van der Waals surface area contributed by atoms with Crippen molar-refractivity contribution in [1.82, 2.24) is 14.0 Å². The molecule has 57 heavy (non-hydrogen) atoms. The molecule has 0 aliphatic rings. The second-order valence-electron chi connectivity index (χ2n) is 14.8. The summed E-state index contributed by atoms with van der Waals surface area (Å²) in [6.07, 6.45) is 2.09. The third-order valence-electron chi connectivity index (χ3n) is 11.5. The van der Waals surface area contributed by atoms with E-state index in [4.69, 9.17) is 9.40 Å². The number of pyridine rings is 1. The molecule has 4 nitrogen and oxygen atoms in total. The number of furan rings is 1. The predicted molar refractivity (Wildman–Crippen MR) is 236 cm³/mol. The van der Waals surface area contributed by atoms with Crippen molar-refractivity contribution in [1.29, 1.82) is 0 Å². The molecular formula is C53H33N3O. The second kappa shape index (κ2) is 12.4. The summed E-state index contributed by atoms with van der Waals surface area (Å²) in [5, 5.41) is 7.21. The van der Waals surface area contributed by atoms with E-state index in [1.807, 2.05) is 6.07 Å². The van der Waals surface area contributed by atoms with Crippen molar-refractivity contribution in [2.24, 2.45) is 0 Å². The molecule has 4 aromatic heterocycles. The molecule has 12 rings (SSSR count). The number of hydrogen-bond donors (Lipinski definition) is 0. The van der Waals surface area contributed by atoms with Crippen LogP contribution in [-0.4, -0.2) is 14.0 Å². The Bertz CT molecular complexity index is 3520. The van der Waals surface area contributed by atoms with Gasteiger partial charge in [0.2, 0.25) is 0 Å². The lowest BCUT2D eigenvalue weighted by Gasteiger charge is -2.09. The zero-order valence-corrected chi connectivity index (χ0v) is 30.8. The van der Waals surface area contributed by atoms with Gasteiger partial charge in [-0.2, -0.15) is 0 Å². The van der Waals surface area contributed by atoms with Gasteiger partial charge in [0.1, 0.15) is 16.8 Å².